The maximum atomic E-state index is 14.7. The van der Waals surface area contributed by atoms with Gasteiger partial charge >= 0.3 is 0 Å². The quantitative estimate of drug-likeness (QED) is 0.292. The van der Waals surface area contributed by atoms with Gasteiger partial charge in [0.2, 0.25) is 0 Å². The van der Waals surface area contributed by atoms with E-state index in [1.165, 1.54) is 16.7 Å². The summed E-state index contributed by atoms with van der Waals surface area (Å²) in [7, 11) is -1.26. The molecule has 3 aromatic rings. The number of para-hydroxylation sites is 1. The highest BCUT2D eigenvalue weighted by atomic mass is 127. The molecule has 0 atom stereocenters. The van der Waals surface area contributed by atoms with Gasteiger partial charge in [0.1, 0.15) is 29.5 Å². The molecular weight excluding hydrogens is 490 g/mol. The first kappa shape index (κ1) is 20.9. The molecule has 5 nitrogen and oxygen atoms in total. The van der Waals surface area contributed by atoms with Gasteiger partial charge in [0.05, 0.1) is 5.52 Å². The van der Waals surface area contributed by atoms with Crippen LogP contribution in [0.2, 0.25) is 25.7 Å². The lowest BCUT2D eigenvalue weighted by atomic mass is 10.1. The number of phenolic OH excluding ortho intramolecular Hbond substituents is 1. The van der Waals surface area contributed by atoms with Crippen LogP contribution < -0.4 is 5.56 Å². The zero-order valence-electron chi connectivity index (χ0n) is 16.0. The largest absolute Gasteiger partial charge is 0.506 e. The Labute approximate surface area is 177 Å². The van der Waals surface area contributed by atoms with Crippen molar-refractivity contribution in [1.29, 1.82) is 0 Å². The van der Waals surface area contributed by atoms with Gasteiger partial charge in [-0.1, -0.05) is 31.8 Å². The average molecular weight is 512 g/mol. The summed E-state index contributed by atoms with van der Waals surface area (Å²) in [4.78, 5) is 17.4. The van der Waals surface area contributed by atoms with Crippen LogP contribution in [0.4, 0.5) is 4.39 Å². The highest BCUT2D eigenvalue weighted by Gasteiger charge is 2.19. The molecule has 0 aliphatic carbocycles. The minimum absolute atomic E-state index is 0.0182. The van der Waals surface area contributed by atoms with E-state index in [2.05, 4.69) is 24.6 Å². The van der Waals surface area contributed by atoms with E-state index in [0.29, 0.717) is 15.7 Å². The maximum Gasteiger partial charge on any atom is 0.279 e. The summed E-state index contributed by atoms with van der Waals surface area (Å²) in [5.41, 5.74) is 0.306. The van der Waals surface area contributed by atoms with Gasteiger partial charge in [-0.05, 0) is 52.9 Å². The molecule has 0 aliphatic rings. The monoisotopic (exact) mass is 512 g/mol. The lowest BCUT2D eigenvalue weighted by Gasteiger charge is -2.17. The second kappa shape index (κ2) is 8.30. The summed E-state index contributed by atoms with van der Waals surface area (Å²) < 4.78 is 22.2. The molecule has 0 radical (unpaired) electrons. The van der Waals surface area contributed by atoms with Gasteiger partial charge in [-0.2, -0.15) is 0 Å². The van der Waals surface area contributed by atoms with E-state index in [9.17, 15) is 14.3 Å². The van der Waals surface area contributed by atoms with E-state index in [1.54, 1.807) is 24.3 Å². The number of fused-ring (bicyclic) bond motifs is 1. The summed E-state index contributed by atoms with van der Waals surface area (Å²) in [5, 5.41) is 10.3. The van der Waals surface area contributed by atoms with E-state index < -0.39 is 19.5 Å². The molecule has 0 bridgehead atoms. The first-order chi connectivity index (χ1) is 13.2. The lowest BCUT2D eigenvalue weighted by Crippen LogP contribution is -2.27. The number of hydrogen-bond acceptors (Lipinski definition) is 4. The molecule has 0 fully saturated rings. The Morgan fingerprint density at radius 1 is 1.21 bits per heavy atom. The fraction of sp³-hybridized carbons (Fsp3) is 0.300. The Hall–Kier alpha value is -1.78. The maximum absolute atomic E-state index is 14.7. The fourth-order valence-electron chi connectivity index (χ4n) is 2.77. The van der Waals surface area contributed by atoms with Crippen molar-refractivity contribution in [2.24, 2.45) is 0 Å². The third-order valence-corrected chi connectivity index (χ3v) is 6.92. The van der Waals surface area contributed by atoms with Gasteiger partial charge in [0.15, 0.2) is 0 Å². The zero-order valence-corrected chi connectivity index (χ0v) is 19.2. The minimum atomic E-state index is -1.26. The molecule has 1 aromatic heterocycles. The number of hydrogen-bond donors (Lipinski definition) is 1. The van der Waals surface area contributed by atoms with E-state index in [-0.39, 0.29) is 29.3 Å². The van der Waals surface area contributed by atoms with Gasteiger partial charge in [0, 0.05) is 23.8 Å². The predicted octanol–water partition coefficient (Wildman–Crippen LogP) is 4.83. The first-order valence-electron chi connectivity index (χ1n) is 8.94. The molecule has 0 aliphatic heterocycles. The van der Waals surface area contributed by atoms with Crippen molar-refractivity contribution in [2.75, 3.05) is 6.61 Å². The van der Waals surface area contributed by atoms with Crippen LogP contribution in [0.1, 0.15) is 0 Å². The lowest BCUT2D eigenvalue weighted by molar-refractivity contribution is 0.0878. The Balaban J connectivity index is 2.11. The van der Waals surface area contributed by atoms with Crippen molar-refractivity contribution in [3.05, 3.63) is 56.1 Å². The third kappa shape index (κ3) is 4.44. The van der Waals surface area contributed by atoms with E-state index in [1.807, 2.05) is 22.6 Å². The number of rotatable bonds is 6. The summed E-state index contributed by atoms with van der Waals surface area (Å²) in [6.07, 6.45) is 0. The van der Waals surface area contributed by atoms with Crippen LogP contribution in [-0.4, -0.2) is 29.3 Å². The summed E-state index contributed by atoms with van der Waals surface area (Å²) in [6.45, 7) is 7.31. The molecule has 8 heteroatoms. The van der Waals surface area contributed by atoms with Crippen molar-refractivity contribution in [1.82, 2.24) is 9.55 Å². The molecule has 1 heterocycles. The number of ether oxygens (including phenoxy) is 1. The number of nitrogens with zero attached hydrogens (tertiary/aromatic N) is 2. The van der Waals surface area contributed by atoms with Crippen LogP contribution >= 0.6 is 22.6 Å². The smallest absolute Gasteiger partial charge is 0.279 e. The normalized spacial score (nSPS) is 11.9. The van der Waals surface area contributed by atoms with E-state index in [0.717, 1.165) is 6.04 Å². The Kier molecular flexibility index (Phi) is 6.21. The fourth-order valence-corrected chi connectivity index (χ4v) is 4.03. The molecule has 2 aromatic carbocycles. The number of benzene rings is 2. The van der Waals surface area contributed by atoms with Crippen molar-refractivity contribution in [3.8, 4) is 17.0 Å². The van der Waals surface area contributed by atoms with Crippen LogP contribution in [0.3, 0.4) is 0 Å². The second-order valence-corrected chi connectivity index (χ2v) is 14.6. The second-order valence-electron chi connectivity index (χ2n) is 7.79. The Morgan fingerprint density at radius 3 is 2.64 bits per heavy atom. The number of phenols is 1. The molecule has 0 spiro atoms. The topological polar surface area (TPSA) is 64.4 Å². The van der Waals surface area contributed by atoms with Crippen LogP contribution in [0.25, 0.3) is 22.3 Å². The molecule has 1 N–H and O–H groups in total. The van der Waals surface area contributed by atoms with Crippen LogP contribution in [0, 0.1) is 9.39 Å². The zero-order chi connectivity index (χ0) is 20.5. The molecule has 0 amide bonds. The van der Waals surface area contributed by atoms with Gasteiger partial charge in [-0.3, -0.25) is 9.36 Å². The molecule has 0 saturated carbocycles. The van der Waals surface area contributed by atoms with Gasteiger partial charge in [-0.15, -0.1) is 0 Å². The van der Waals surface area contributed by atoms with Crippen LogP contribution in [0.5, 0.6) is 5.75 Å². The minimum Gasteiger partial charge on any atom is -0.506 e. The van der Waals surface area contributed by atoms with E-state index >= 15 is 0 Å². The van der Waals surface area contributed by atoms with Gasteiger partial charge < -0.3 is 9.84 Å². The molecule has 3 rings (SSSR count). The molecule has 28 heavy (non-hydrogen) atoms. The van der Waals surface area contributed by atoms with Crippen LogP contribution in [0.15, 0.2) is 41.2 Å². The summed E-state index contributed by atoms with van der Waals surface area (Å²) >= 11 is 1.87. The van der Waals surface area contributed by atoms with Gasteiger partial charge in [0.25, 0.3) is 5.56 Å². The van der Waals surface area contributed by atoms with Crippen molar-refractivity contribution < 1.29 is 14.2 Å². The third-order valence-electron chi connectivity index (χ3n) is 4.38. The molecule has 0 saturated heterocycles. The summed E-state index contributed by atoms with van der Waals surface area (Å²) in [5.74, 6) is -0.575. The van der Waals surface area contributed by atoms with Crippen molar-refractivity contribution in [3.63, 3.8) is 0 Å². The number of aromatic hydroxyl groups is 1. The number of aromatic nitrogens is 2. The van der Waals surface area contributed by atoms with Gasteiger partial charge in [-0.25, -0.2) is 9.37 Å². The number of halogens is 2. The predicted molar refractivity (Wildman–Crippen MR) is 120 cm³/mol. The van der Waals surface area contributed by atoms with Crippen molar-refractivity contribution in [2.45, 2.75) is 32.4 Å². The average Bonchev–Trinajstić information content (AvgIpc) is 2.62. The van der Waals surface area contributed by atoms with Crippen molar-refractivity contribution >= 4 is 41.7 Å². The standard InChI is InChI=1S/C20H22FIN2O3Si/c1-28(2,3)11-10-27-12-24-15-8-5-9-16(25)19(15)23-18(20(24)26)13-6-4-7-14(22)17(13)21/h4-9,25H,10-12H2,1-3H3. The molecule has 148 valence electrons. The Morgan fingerprint density at radius 2 is 1.93 bits per heavy atom. The van der Waals surface area contributed by atoms with E-state index in [4.69, 9.17) is 4.74 Å². The van der Waals surface area contributed by atoms with Crippen LogP contribution in [-0.2, 0) is 11.5 Å². The SMILES string of the molecule is C[Si](C)(C)CCOCn1c(=O)c(-c2cccc(I)c2F)nc2c(O)cccc21. The summed E-state index contributed by atoms with van der Waals surface area (Å²) in [6, 6.07) is 10.6. The Bertz CT molecular complexity index is 1080. The first-order valence-corrected chi connectivity index (χ1v) is 13.7. The highest BCUT2D eigenvalue weighted by Crippen LogP contribution is 2.27. The highest BCUT2D eigenvalue weighted by molar-refractivity contribution is 14.1. The molecular formula is C20H22FIN2O3Si. The molecule has 0 unspecified atom stereocenters.